The molecule has 156 valence electrons. The third kappa shape index (κ3) is 4.33. The SMILES string of the molecule is CCCCON=C(C(=O)NC1C(=O)N2C(C(=O)O)=C(Cl)CS[C@H]12)c1csc(N)n1. The molecule has 1 fully saturated rings. The first-order valence-corrected chi connectivity index (χ1v) is 10.9. The molecule has 2 atom stereocenters. The number of carbonyl (C=O) groups is 3. The predicted molar refractivity (Wildman–Crippen MR) is 109 cm³/mol. The van der Waals surface area contributed by atoms with Gasteiger partial charge in [-0.15, -0.1) is 23.1 Å². The van der Waals surface area contributed by atoms with Crippen LogP contribution in [0.25, 0.3) is 0 Å². The molecular weight excluding hydrogens is 442 g/mol. The average Bonchev–Trinajstić information content (AvgIpc) is 3.11. The summed E-state index contributed by atoms with van der Waals surface area (Å²) in [5.74, 6) is -2.28. The van der Waals surface area contributed by atoms with E-state index in [1.807, 2.05) is 6.92 Å². The normalized spacial score (nSPS) is 21.5. The third-order valence-corrected chi connectivity index (χ3v) is 6.56. The van der Waals surface area contributed by atoms with Crippen LogP contribution in [0.5, 0.6) is 0 Å². The molecule has 10 nitrogen and oxygen atoms in total. The molecule has 2 amide bonds. The largest absolute Gasteiger partial charge is 0.477 e. The van der Waals surface area contributed by atoms with Gasteiger partial charge in [0.25, 0.3) is 11.8 Å². The number of β-lactam (4-membered cyclic amide) rings is 1. The topological polar surface area (TPSA) is 147 Å². The zero-order chi connectivity index (χ0) is 21.1. The first-order valence-electron chi connectivity index (χ1n) is 8.64. The zero-order valence-corrected chi connectivity index (χ0v) is 17.6. The number of nitrogens with zero attached hydrogens (tertiary/aromatic N) is 3. The molecule has 2 aliphatic rings. The van der Waals surface area contributed by atoms with E-state index >= 15 is 0 Å². The van der Waals surface area contributed by atoms with Crippen molar-refractivity contribution in [3.63, 3.8) is 0 Å². The summed E-state index contributed by atoms with van der Waals surface area (Å²) < 4.78 is 0. The molecule has 1 unspecified atom stereocenters. The number of fused-ring (bicyclic) bond motifs is 1. The van der Waals surface area contributed by atoms with Crippen LogP contribution in [-0.2, 0) is 19.2 Å². The molecular formula is C16H18ClN5O5S2. The lowest BCUT2D eigenvalue weighted by Crippen LogP contribution is -2.71. The summed E-state index contributed by atoms with van der Waals surface area (Å²) in [6, 6.07) is -0.913. The Hall–Kier alpha value is -2.31. The summed E-state index contributed by atoms with van der Waals surface area (Å²) in [4.78, 5) is 47.0. The van der Waals surface area contributed by atoms with Gasteiger partial charge in [-0.05, 0) is 6.42 Å². The number of aromatic nitrogens is 1. The van der Waals surface area contributed by atoms with E-state index in [1.165, 1.54) is 11.8 Å². The molecule has 0 radical (unpaired) electrons. The third-order valence-electron chi connectivity index (χ3n) is 4.14. The number of hydrogen-bond donors (Lipinski definition) is 3. The smallest absolute Gasteiger partial charge is 0.353 e. The second-order valence-corrected chi connectivity index (χ2v) is 8.57. The number of nitrogens with one attached hydrogen (secondary N) is 1. The van der Waals surface area contributed by atoms with Crippen molar-refractivity contribution in [2.24, 2.45) is 5.16 Å². The van der Waals surface area contributed by atoms with Gasteiger partial charge in [-0.3, -0.25) is 14.5 Å². The number of carboxylic acid groups (broad SMARTS) is 1. The first-order chi connectivity index (χ1) is 13.8. The van der Waals surface area contributed by atoms with E-state index < -0.39 is 29.2 Å². The second kappa shape index (κ2) is 9.01. The van der Waals surface area contributed by atoms with Crippen molar-refractivity contribution in [1.82, 2.24) is 15.2 Å². The van der Waals surface area contributed by atoms with Crippen molar-refractivity contribution in [2.75, 3.05) is 18.1 Å². The number of nitrogens with two attached hydrogens (primary N) is 1. The Bertz CT molecular complexity index is 902. The fourth-order valence-corrected chi connectivity index (χ4v) is 4.81. The molecule has 29 heavy (non-hydrogen) atoms. The van der Waals surface area contributed by atoms with Crippen molar-refractivity contribution in [1.29, 1.82) is 0 Å². The molecule has 1 saturated heterocycles. The molecule has 2 aliphatic heterocycles. The molecule has 4 N–H and O–H groups in total. The summed E-state index contributed by atoms with van der Waals surface area (Å²) in [6.07, 6.45) is 1.66. The van der Waals surface area contributed by atoms with E-state index in [9.17, 15) is 19.5 Å². The number of anilines is 1. The maximum atomic E-state index is 12.8. The lowest BCUT2D eigenvalue weighted by molar-refractivity contribution is -0.150. The summed E-state index contributed by atoms with van der Waals surface area (Å²) in [6.45, 7) is 2.32. The Labute approximate surface area is 179 Å². The molecule has 0 aromatic carbocycles. The fourth-order valence-electron chi connectivity index (χ4n) is 2.71. The minimum atomic E-state index is -1.29. The highest BCUT2D eigenvalue weighted by atomic mass is 35.5. The second-order valence-electron chi connectivity index (χ2n) is 6.12. The maximum Gasteiger partial charge on any atom is 0.353 e. The van der Waals surface area contributed by atoms with Gasteiger partial charge in [0, 0.05) is 11.1 Å². The number of thioether (sulfide) groups is 1. The van der Waals surface area contributed by atoms with E-state index in [2.05, 4.69) is 15.5 Å². The lowest BCUT2D eigenvalue weighted by Gasteiger charge is -2.48. The number of carbonyl (C=O) groups excluding carboxylic acids is 2. The standard InChI is InChI=1S/C16H18ClN5O5S2/c1-2-3-4-27-21-9(8-6-29-16(18)19-8)12(23)20-10-13(24)22-11(15(25)26)7(17)5-28-14(10)22/h6,10,14H,2-5H2,1H3,(H2,18,19)(H,20,23)(H,25,26)/t10?,14-/m1/s1. The Morgan fingerprint density at radius 1 is 1.55 bits per heavy atom. The number of amides is 2. The fraction of sp³-hybridized carbons (Fsp3) is 0.438. The van der Waals surface area contributed by atoms with Crippen LogP contribution in [-0.4, -0.2) is 62.3 Å². The van der Waals surface area contributed by atoms with Crippen LogP contribution in [0.2, 0.25) is 0 Å². The molecule has 3 rings (SSSR count). The van der Waals surface area contributed by atoms with E-state index in [1.54, 1.807) is 5.38 Å². The van der Waals surface area contributed by atoms with Crippen LogP contribution in [0.4, 0.5) is 5.13 Å². The summed E-state index contributed by atoms with van der Waals surface area (Å²) in [5, 5.41) is 17.1. The molecule has 3 heterocycles. The minimum Gasteiger partial charge on any atom is -0.477 e. The van der Waals surface area contributed by atoms with Gasteiger partial charge in [0.2, 0.25) is 0 Å². The number of nitrogen functional groups attached to an aromatic ring is 1. The molecule has 0 spiro atoms. The van der Waals surface area contributed by atoms with Crippen LogP contribution >= 0.6 is 34.7 Å². The zero-order valence-electron chi connectivity index (χ0n) is 15.3. The molecule has 13 heteroatoms. The van der Waals surface area contributed by atoms with Crippen molar-refractivity contribution < 1.29 is 24.3 Å². The summed E-state index contributed by atoms with van der Waals surface area (Å²) in [7, 11) is 0. The average molecular weight is 460 g/mol. The minimum absolute atomic E-state index is 0.0846. The lowest BCUT2D eigenvalue weighted by atomic mass is 10.0. The highest BCUT2D eigenvalue weighted by molar-refractivity contribution is 8.00. The number of thiazole rings is 1. The van der Waals surface area contributed by atoms with Gasteiger partial charge in [-0.25, -0.2) is 9.78 Å². The number of halogens is 1. The van der Waals surface area contributed by atoms with Crippen LogP contribution in [0.3, 0.4) is 0 Å². The summed E-state index contributed by atoms with van der Waals surface area (Å²) >= 11 is 8.35. The van der Waals surface area contributed by atoms with Gasteiger partial charge in [-0.1, -0.05) is 30.1 Å². The van der Waals surface area contributed by atoms with Crippen LogP contribution in [0.1, 0.15) is 25.5 Å². The van der Waals surface area contributed by atoms with E-state index in [0.717, 1.165) is 29.1 Å². The Kier molecular flexibility index (Phi) is 6.65. The Morgan fingerprint density at radius 3 is 2.93 bits per heavy atom. The Balaban J connectivity index is 1.75. The van der Waals surface area contributed by atoms with E-state index in [4.69, 9.17) is 22.2 Å². The number of hydrogen-bond acceptors (Lipinski definition) is 9. The van der Waals surface area contributed by atoms with Crippen LogP contribution in [0.15, 0.2) is 21.3 Å². The number of aliphatic carboxylic acids is 1. The number of carboxylic acids is 1. The van der Waals surface area contributed by atoms with Gasteiger partial charge in [0.1, 0.15) is 29.4 Å². The van der Waals surface area contributed by atoms with Gasteiger partial charge < -0.3 is 21.0 Å². The predicted octanol–water partition coefficient (Wildman–Crippen LogP) is 1.18. The Morgan fingerprint density at radius 2 is 2.31 bits per heavy atom. The highest BCUT2D eigenvalue weighted by Gasteiger charge is 2.54. The number of unbranched alkanes of at least 4 members (excludes halogenated alkanes) is 1. The molecule has 1 aromatic heterocycles. The monoisotopic (exact) mass is 459 g/mol. The highest BCUT2D eigenvalue weighted by Crippen LogP contribution is 2.41. The van der Waals surface area contributed by atoms with Gasteiger partial charge in [0.15, 0.2) is 10.8 Å². The maximum absolute atomic E-state index is 12.8. The molecule has 1 aromatic rings. The van der Waals surface area contributed by atoms with Crippen molar-refractivity contribution in [3.05, 3.63) is 21.8 Å². The van der Waals surface area contributed by atoms with Crippen molar-refractivity contribution >= 4 is 63.3 Å². The molecule has 0 bridgehead atoms. The van der Waals surface area contributed by atoms with E-state index in [0.29, 0.717) is 6.61 Å². The quantitative estimate of drug-likeness (QED) is 0.227. The van der Waals surface area contributed by atoms with Gasteiger partial charge >= 0.3 is 5.97 Å². The molecule has 0 saturated carbocycles. The van der Waals surface area contributed by atoms with Crippen LogP contribution < -0.4 is 11.1 Å². The van der Waals surface area contributed by atoms with E-state index in [-0.39, 0.29) is 33.0 Å². The van der Waals surface area contributed by atoms with Gasteiger partial charge in [-0.2, -0.15) is 0 Å². The molecule has 0 aliphatic carbocycles. The van der Waals surface area contributed by atoms with Gasteiger partial charge in [0.05, 0.1) is 5.03 Å². The van der Waals surface area contributed by atoms with Crippen LogP contribution in [0, 0.1) is 0 Å². The number of rotatable bonds is 8. The summed E-state index contributed by atoms with van der Waals surface area (Å²) in [5.41, 5.74) is 5.51. The number of oxime groups is 1. The van der Waals surface area contributed by atoms with Crippen molar-refractivity contribution in [2.45, 2.75) is 31.2 Å². The first kappa shape index (κ1) is 21.4. The van der Waals surface area contributed by atoms with Crippen molar-refractivity contribution in [3.8, 4) is 0 Å².